The molecule has 1 N–H and O–H groups in total. The first-order chi connectivity index (χ1) is 8.85. The lowest BCUT2D eigenvalue weighted by Crippen LogP contribution is -1.89. The van der Waals surface area contributed by atoms with Gasteiger partial charge >= 0.3 is 0 Å². The van der Waals surface area contributed by atoms with Gasteiger partial charge in [0.25, 0.3) is 0 Å². The lowest BCUT2D eigenvalue weighted by atomic mass is 10.4. The van der Waals surface area contributed by atoms with E-state index in [1.807, 2.05) is 17.5 Å². The SMILES string of the molecule is COc1ccc(CSc2nc3cscc3[nH]2)nc1. The number of thiophene rings is 1. The van der Waals surface area contributed by atoms with E-state index in [9.17, 15) is 0 Å². The second kappa shape index (κ2) is 4.99. The van der Waals surface area contributed by atoms with Crippen molar-refractivity contribution in [1.29, 1.82) is 0 Å². The lowest BCUT2D eigenvalue weighted by molar-refractivity contribution is 0.412. The fourth-order valence-electron chi connectivity index (χ4n) is 1.55. The van der Waals surface area contributed by atoms with Crippen molar-refractivity contribution < 1.29 is 4.74 Å². The predicted molar refractivity (Wildman–Crippen MR) is 74.3 cm³/mol. The number of nitrogens with zero attached hydrogens (tertiary/aromatic N) is 2. The van der Waals surface area contributed by atoms with E-state index in [0.717, 1.165) is 33.4 Å². The maximum Gasteiger partial charge on any atom is 0.166 e. The maximum atomic E-state index is 5.07. The molecule has 3 heterocycles. The molecule has 0 aliphatic carbocycles. The molecular formula is C12H11N3OS2. The molecule has 0 aliphatic rings. The summed E-state index contributed by atoms with van der Waals surface area (Å²) >= 11 is 3.31. The molecule has 0 radical (unpaired) electrons. The van der Waals surface area contributed by atoms with Crippen LogP contribution in [0.15, 0.2) is 34.2 Å². The van der Waals surface area contributed by atoms with Gasteiger partial charge in [-0.1, -0.05) is 11.8 Å². The number of rotatable bonds is 4. The van der Waals surface area contributed by atoms with Crippen molar-refractivity contribution in [2.75, 3.05) is 7.11 Å². The summed E-state index contributed by atoms with van der Waals surface area (Å²) in [5.41, 5.74) is 3.15. The Morgan fingerprint density at radius 1 is 1.39 bits per heavy atom. The van der Waals surface area contributed by atoms with E-state index in [2.05, 4.69) is 20.3 Å². The van der Waals surface area contributed by atoms with Crippen LogP contribution < -0.4 is 4.74 Å². The third-order valence-electron chi connectivity index (χ3n) is 2.50. The van der Waals surface area contributed by atoms with Crippen LogP contribution in [0.25, 0.3) is 11.0 Å². The minimum Gasteiger partial charge on any atom is -0.495 e. The molecule has 3 aromatic rings. The molecule has 0 unspecified atom stereocenters. The summed E-state index contributed by atoms with van der Waals surface area (Å²) in [5, 5.41) is 5.05. The summed E-state index contributed by atoms with van der Waals surface area (Å²) in [6, 6.07) is 3.89. The molecular weight excluding hydrogens is 266 g/mol. The molecule has 6 heteroatoms. The van der Waals surface area contributed by atoms with Crippen LogP contribution in [0.5, 0.6) is 5.75 Å². The zero-order chi connectivity index (χ0) is 12.4. The summed E-state index contributed by atoms with van der Waals surface area (Å²) in [7, 11) is 1.64. The number of imidazole rings is 1. The molecule has 92 valence electrons. The van der Waals surface area contributed by atoms with Gasteiger partial charge in [-0.2, -0.15) is 0 Å². The minimum absolute atomic E-state index is 0.780. The number of ether oxygens (including phenoxy) is 1. The number of hydrogen-bond acceptors (Lipinski definition) is 5. The van der Waals surface area contributed by atoms with Crippen LogP contribution in [-0.2, 0) is 5.75 Å². The van der Waals surface area contributed by atoms with E-state index in [1.165, 1.54) is 0 Å². The Hall–Kier alpha value is -1.53. The number of pyridine rings is 1. The third kappa shape index (κ3) is 2.34. The number of hydrogen-bond donors (Lipinski definition) is 1. The van der Waals surface area contributed by atoms with Crippen molar-refractivity contribution in [2.45, 2.75) is 10.9 Å². The molecule has 0 aliphatic heterocycles. The highest BCUT2D eigenvalue weighted by Crippen LogP contribution is 2.24. The van der Waals surface area contributed by atoms with Crippen molar-refractivity contribution >= 4 is 34.1 Å². The number of nitrogens with one attached hydrogen (secondary N) is 1. The largest absolute Gasteiger partial charge is 0.495 e. The molecule has 0 spiro atoms. The second-order valence-corrected chi connectivity index (χ2v) is 5.40. The molecule has 0 aromatic carbocycles. The summed E-state index contributed by atoms with van der Waals surface area (Å²) in [5.74, 6) is 1.57. The van der Waals surface area contributed by atoms with Gasteiger partial charge in [-0.05, 0) is 12.1 Å². The summed E-state index contributed by atoms with van der Waals surface area (Å²) < 4.78 is 5.07. The quantitative estimate of drug-likeness (QED) is 0.743. The topological polar surface area (TPSA) is 50.8 Å². The van der Waals surface area contributed by atoms with E-state index in [4.69, 9.17) is 4.74 Å². The van der Waals surface area contributed by atoms with Crippen LogP contribution in [0.4, 0.5) is 0 Å². The van der Waals surface area contributed by atoms with Crippen molar-refractivity contribution in [3.05, 3.63) is 34.8 Å². The van der Waals surface area contributed by atoms with Crippen molar-refractivity contribution in [1.82, 2.24) is 15.0 Å². The Bertz CT molecular complexity index is 616. The highest BCUT2D eigenvalue weighted by atomic mass is 32.2. The standard InChI is InChI=1S/C12H11N3OS2/c1-16-9-3-2-8(13-4-9)5-18-12-14-10-6-17-7-11(10)15-12/h2-4,6-7H,5H2,1H3,(H,14,15). The van der Waals surface area contributed by atoms with Gasteiger partial charge in [-0.25, -0.2) is 4.98 Å². The molecule has 0 saturated carbocycles. The van der Waals surface area contributed by atoms with E-state index in [1.54, 1.807) is 36.4 Å². The Morgan fingerprint density at radius 2 is 2.33 bits per heavy atom. The Labute approximate surface area is 112 Å². The number of fused-ring (bicyclic) bond motifs is 1. The van der Waals surface area contributed by atoms with E-state index < -0.39 is 0 Å². The number of aromatic nitrogens is 3. The van der Waals surface area contributed by atoms with Crippen LogP contribution in [0.1, 0.15) is 5.69 Å². The first-order valence-corrected chi connectivity index (χ1v) is 7.31. The average Bonchev–Trinajstić information content (AvgIpc) is 2.97. The van der Waals surface area contributed by atoms with Crippen LogP contribution in [0.3, 0.4) is 0 Å². The minimum atomic E-state index is 0.780. The van der Waals surface area contributed by atoms with Crippen molar-refractivity contribution in [3.8, 4) is 5.75 Å². The van der Waals surface area contributed by atoms with Crippen LogP contribution in [0, 0.1) is 0 Å². The third-order valence-corrected chi connectivity index (χ3v) is 4.13. The van der Waals surface area contributed by atoms with Crippen molar-refractivity contribution in [3.63, 3.8) is 0 Å². The van der Waals surface area contributed by atoms with Gasteiger partial charge in [-0.15, -0.1) is 11.3 Å². The molecule has 4 nitrogen and oxygen atoms in total. The highest BCUT2D eigenvalue weighted by Gasteiger charge is 2.04. The zero-order valence-electron chi connectivity index (χ0n) is 9.71. The fraction of sp³-hybridized carbons (Fsp3) is 0.167. The number of H-pyrrole nitrogens is 1. The van der Waals surface area contributed by atoms with Crippen LogP contribution in [0.2, 0.25) is 0 Å². The Kier molecular flexibility index (Phi) is 3.21. The number of methoxy groups -OCH3 is 1. The van der Waals surface area contributed by atoms with E-state index in [0.29, 0.717) is 0 Å². The number of aromatic amines is 1. The molecule has 3 rings (SSSR count). The van der Waals surface area contributed by atoms with E-state index in [-0.39, 0.29) is 0 Å². The molecule has 0 saturated heterocycles. The van der Waals surface area contributed by atoms with Crippen LogP contribution >= 0.6 is 23.1 Å². The summed E-state index contributed by atoms with van der Waals surface area (Å²) in [6.07, 6.45) is 1.73. The average molecular weight is 277 g/mol. The number of thioether (sulfide) groups is 1. The first kappa shape index (κ1) is 11.6. The monoisotopic (exact) mass is 277 g/mol. The smallest absolute Gasteiger partial charge is 0.166 e. The van der Waals surface area contributed by atoms with Gasteiger partial charge in [-0.3, -0.25) is 4.98 Å². The molecule has 0 amide bonds. The lowest BCUT2D eigenvalue weighted by Gasteiger charge is -2.01. The van der Waals surface area contributed by atoms with Crippen LogP contribution in [-0.4, -0.2) is 22.1 Å². The Morgan fingerprint density at radius 3 is 3.06 bits per heavy atom. The van der Waals surface area contributed by atoms with Gasteiger partial charge in [0.05, 0.1) is 24.5 Å². The van der Waals surface area contributed by atoms with Gasteiger partial charge in [0.1, 0.15) is 11.3 Å². The van der Waals surface area contributed by atoms with Gasteiger partial charge in [0.15, 0.2) is 5.16 Å². The highest BCUT2D eigenvalue weighted by molar-refractivity contribution is 7.98. The molecule has 0 fully saturated rings. The fourth-order valence-corrected chi connectivity index (χ4v) is 3.04. The van der Waals surface area contributed by atoms with Gasteiger partial charge in [0, 0.05) is 16.5 Å². The summed E-state index contributed by atoms with van der Waals surface area (Å²) in [4.78, 5) is 12.1. The first-order valence-electron chi connectivity index (χ1n) is 5.39. The van der Waals surface area contributed by atoms with Crippen molar-refractivity contribution in [2.24, 2.45) is 0 Å². The molecule has 3 aromatic heterocycles. The van der Waals surface area contributed by atoms with Gasteiger partial charge < -0.3 is 9.72 Å². The molecule has 0 atom stereocenters. The Balaban J connectivity index is 1.68. The predicted octanol–water partition coefficient (Wildman–Crippen LogP) is 3.32. The zero-order valence-corrected chi connectivity index (χ0v) is 11.3. The molecule has 0 bridgehead atoms. The van der Waals surface area contributed by atoms with E-state index >= 15 is 0 Å². The second-order valence-electron chi connectivity index (χ2n) is 3.69. The van der Waals surface area contributed by atoms with Gasteiger partial charge in [0.2, 0.25) is 0 Å². The molecule has 18 heavy (non-hydrogen) atoms. The summed E-state index contributed by atoms with van der Waals surface area (Å²) in [6.45, 7) is 0. The normalized spacial score (nSPS) is 10.9. The maximum absolute atomic E-state index is 5.07.